The lowest BCUT2D eigenvalue weighted by molar-refractivity contribution is -0.137. The summed E-state index contributed by atoms with van der Waals surface area (Å²) in [5, 5.41) is 2.79. The van der Waals surface area contributed by atoms with Crippen molar-refractivity contribution in [1.82, 2.24) is 5.32 Å². The number of rotatable bonds is 4. The Labute approximate surface area is 132 Å². The molecule has 120 valence electrons. The van der Waals surface area contributed by atoms with Crippen LogP contribution in [-0.4, -0.2) is 5.91 Å². The molecule has 1 amide bonds. The van der Waals surface area contributed by atoms with E-state index in [1.807, 2.05) is 30.3 Å². The topological polar surface area (TPSA) is 29.1 Å². The zero-order chi connectivity index (χ0) is 16.4. The molecule has 0 saturated heterocycles. The van der Waals surface area contributed by atoms with Crippen molar-refractivity contribution in [2.24, 2.45) is 5.92 Å². The van der Waals surface area contributed by atoms with Crippen LogP contribution in [0.1, 0.15) is 40.4 Å². The quantitative estimate of drug-likeness (QED) is 0.877. The second kappa shape index (κ2) is 6.07. The maximum absolute atomic E-state index is 13.1. The molecule has 1 atom stereocenters. The molecule has 3 rings (SSSR count). The Kier molecular flexibility index (Phi) is 4.11. The van der Waals surface area contributed by atoms with Gasteiger partial charge >= 0.3 is 6.18 Å². The highest BCUT2D eigenvalue weighted by Gasteiger charge is 2.37. The molecule has 2 aromatic rings. The first kappa shape index (κ1) is 15.6. The van der Waals surface area contributed by atoms with Crippen LogP contribution in [0.25, 0.3) is 0 Å². The standard InChI is InChI=1S/C18H16F3NO/c19-18(20,21)15-9-5-4-8-14(15)17(23)22-16(13-10-11-13)12-6-2-1-3-7-12/h1-9,13,16H,10-11H2,(H,22,23)/t16-/m0/s1. The number of nitrogens with one attached hydrogen (secondary N) is 1. The highest BCUT2D eigenvalue weighted by atomic mass is 19.4. The van der Waals surface area contributed by atoms with E-state index in [1.54, 1.807) is 0 Å². The van der Waals surface area contributed by atoms with Gasteiger partial charge in [0.25, 0.3) is 5.91 Å². The Hall–Kier alpha value is -2.30. The summed E-state index contributed by atoms with van der Waals surface area (Å²) in [5.41, 5.74) is -0.311. The molecule has 1 saturated carbocycles. The van der Waals surface area contributed by atoms with Crippen molar-refractivity contribution < 1.29 is 18.0 Å². The second-order valence-electron chi connectivity index (χ2n) is 5.74. The van der Waals surface area contributed by atoms with Gasteiger partial charge in [-0.3, -0.25) is 4.79 Å². The summed E-state index contributed by atoms with van der Waals surface area (Å²) in [6, 6.07) is 14.0. The predicted octanol–water partition coefficient (Wildman–Crippen LogP) is 4.59. The van der Waals surface area contributed by atoms with Crippen molar-refractivity contribution in [2.75, 3.05) is 0 Å². The van der Waals surface area contributed by atoms with Crippen LogP contribution >= 0.6 is 0 Å². The molecule has 1 aliphatic carbocycles. The van der Waals surface area contributed by atoms with Gasteiger partial charge in [0.15, 0.2) is 0 Å². The molecule has 0 heterocycles. The first-order valence-electron chi connectivity index (χ1n) is 7.49. The van der Waals surface area contributed by atoms with Crippen LogP contribution in [0.3, 0.4) is 0 Å². The normalized spacial score (nSPS) is 16.0. The molecule has 0 aromatic heterocycles. The van der Waals surface area contributed by atoms with Gasteiger partial charge < -0.3 is 5.32 Å². The second-order valence-corrected chi connectivity index (χ2v) is 5.74. The lowest BCUT2D eigenvalue weighted by Gasteiger charge is -2.20. The minimum Gasteiger partial charge on any atom is -0.345 e. The van der Waals surface area contributed by atoms with E-state index in [0.717, 1.165) is 24.5 Å². The van der Waals surface area contributed by atoms with Crippen LogP contribution in [-0.2, 0) is 6.18 Å². The third-order valence-corrected chi connectivity index (χ3v) is 4.02. The maximum Gasteiger partial charge on any atom is 0.417 e. The fourth-order valence-electron chi connectivity index (χ4n) is 2.71. The molecular formula is C18H16F3NO. The molecule has 0 aliphatic heterocycles. The van der Waals surface area contributed by atoms with Gasteiger partial charge in [-0.15, -0.1) is 0 Å². The van der Waals surface area contributed by atoms with Crippen LogP contribution < -0.4 is 5.32 Å². The van der Waals surface area contributed by atoms with Gasteiger partial charge in [0.05, 0.1) is 17.2 Å². The molecule has 5 heteroatoms. The Morgan fingerprint density at radius 1 is 1.00 bits per heavy atom. The number of alkyl halides is 3. The van der Waals surface area contributed by atoms with Crippen molar-refractivity contribution in [2.45, 2.75) is 25.1 Å². The van der Waals surface area contributed by atoms with E-state index >= 15 is 0 Å². The van der Waals surface area contributed by atoms with E-state index < -0.39 is 17.6 Å². The maximum atomic E-state index is 13.1. The summed E-state index contributed by atoms with van der Waals surface area (Å²) < 4.78 is 39.2. The molecule has 1 N–H and O–H groups in total. The smallest absolute Gasteiger partial charge is 0.345 e. The van der Waals surface area contributed by atoms with Gasteiger partial charge in [0, 0.05) is 0 Å². The molecular weight excluding hydrogens is 303 g/mol. The van der Waals surface area contributed by atoms with Crippen molar-refractivity contribution >= 4 is 5.91 Å². The Bertz CT molecular complexity index is 693. The molecule has 0 bridgehead atoms. The van der Waals surface area contributed by atoms with Crippen LogP contribution in [0.4, 0.5) is 13.2 Å². The van der Waals surface area contributed by atoms with Gasteiger partial charge in [-0.1, -0.05) is 42.5 Å². The van der Waals surface area contributed by atoms with Gasteiger partial charge in [0.1, 0.15) is 0 Å². The average molecular weight is 319 g/mol. The molecule has 0 radical (unpaired) electrons. The highest BCUT2D eigenvalue weighted by molar-refractivity contribution is 5.96. The third-order valence-electron chi connectivity index (χ3n) is 4.02. The van der Waals surface area contributed by atoms with Crippen molar-refractivity contribution in [1.29, 1.82) is 0 Å². The van der Waals surface area contributed by atoms with E-state index in [2.05, 4.69) is 5.32 Å². The lowest BCUT2D eigenvalue weighted by Crippen LogP contribution is -2.31. The Morgan fingerprint density at radius 2 is 1.61 bits per heavy atom. The SMILES string of the molecule is O=C(N[C@@H](c1ccccc1)C1CC1)c1ccccc1C(F)(F)F. The summed E-state index contributed by atoms with van der Waals surface area (Å²) in [4.78, 5) is 12.4. The first-order chi connectivity index (χ1) is 11.0. The summed E-state index contributed by atoms with van der Waals surface area (Å²) in [5.74, 6) is -0.391. The fourth-order valence-corrected chi connectivity index (χ4v) is 2.71. The number of hydrogen-bond acceptors (Lipinski definition) is 1. The van der Waals surface area contributed by atoms with Gasteiger partial charge in [0.2, 0.25) is 0 Å². The average Bonchev–Trinajstić information content (AvgIpc) is 3.37. The summed E-state index contributed by atoms with van der Waals surface area (Å²) in [7, 11) is 0. The minimum atomic E-state index is -4.55. The highest BCUT2D eigenvalue weighted by Crippen LogP contribution is 2.41. The monoisotopic (exact) mass is 319 g/mol. The van der Waals surface area contributed by atoms with Gasteiger partial charge in [-0.05, 0) is 36.5 Å². The van der Waals surface area contributed by atoms with Gasteiger partial charge in [-0.25, -0.2) is 0 Å². The van der Waals surface area contributed by atoms with E-state index in [4.69, 9.17) is 0 Å². The van der Waals surface area contributed by atoms with Crippen molar-refractivity contribution in [3.05, 3.63) is 71.3 Å². The van der Waals surface area contributed by atoms with E-state index in [9.17, 15) is 18.0 Å². The number of carbonyl (C=O) groups excluding carboxylic acids is 1. The Morgan fingerprint density at radius 3 is 2.22 bits per heavy atom. The van der Waals surface area contributed by atoms with Crippen molar-refractivity contribution in [3.8, 4) is 0 Å². The Balaban J connectivity index is 1.86. The predicted molar refractivity (Wildman–Crippen MR) is 80.8 cm³/mol. The number of amides is 1. The largest absolute Gasteiger partial charge is 0.417 e. The summed E-state index contributed by atoms with van der Waals surface area (Å²) in [6.45, 7) is 0. The first-order valence-corrected chi connectivity index (χ1v) is 7.49. The molecule has 23 heavy (non-hydrogen) atoms. The summed E-state index contributed by atoms with van der Waals surface area (Å²) >= 11 is 0. The summed E-state index contributed by atoms with van der Waals surface area (Å²) in [6.07, 6.45) is -2.60. The molecule has 1 aliphatic rings. The molecule has 2 aromatic carbocycles. The molecule has 1 fully saturated rings. The fraction of sp³-hybridized carbons (Fsp3) is 0.278. The van der Waals surface area contributed by atoms with E-state index in [0.29, 0.717) is 5.92 Å². The lowest BCUT2D eigenvalue weighted by atomic mass is 10.0. The van der Waals surface area contributed by atoms with Crippen LogP contribution in [0.5, 0.6) is 0 Å². The number of hydrogen-bond donors (Lipinski definition) is 1. The zero-order valence-electron chi connectivity index (χ0n) is 12.3. The van der Waals surface area contributed by atoms with E-state index in [-0.39, 0.29) is 11.6 Å². The van der Waals surface area contributed by atoms with Crippen LogP contribution in [0.15, 0.2) is 54.6 Å². The van der Waals surface area contributed by atoms with Crippen LogP contribution in [0, 0.1) is 5.92 Å². The molecule has 0 unspecified atom stereocenters. The van der Waals surface area contributed by atoms with Gasteiger partial charge in [-0.2, -0.15) is 13.2 Å². The third kappa shape index (κ3) is 3.55. The van der Waals surface area contributed by atoms with Crippen LogP contribution in [0.2, 0.25) is 0 Å². The number of benzene rings is 2. The van der Waals surface area contributed by atoms with Crippen molar-refractivity contribution in [3.63, 3.8) is 0 Å². The zero-order valence-corrected chi connectivity index (χ0v) is 12.3. The molecule has 2 nitrogen and oxygen atoms in total. The number of carbonyl (C=O) groups is 1. The minimum absolute atomic E-state index is 0.245. The van der Waals surface area contributed by atoms with E-state index in [1.165, 1.54) is 18.2 Å². The molecule has 0 spiro atoms. The number of halogens is 3.